The van der Waals surface area contributed by atoms with E-state index < -0.39 is 5.91 Å². The van der Waals surface area contributed by atoms with E-state index in [1.165, 1.54) is 48.5 Å². The number of hydrogen-bond donors (Lipinski definition) is 2. The quantitative estimate of drug-likeness (QED) is 0.702. The summed E-state index contributed by atoms with van der Waals surface area (Å²) in [4.78, 5) is 27.4. The van der Waals surface area contributed by atoms with Gasteiger partial charge in [-0.25, -0.2) is 9.37 Å². The molecule has 3 rings (SSSR count). The van der Waals surface area contributed by atoms with E-state index in [-0.39, 0.29) is 18.3 Å². The Morgan fingerprint density at radius 2 is 1.67 bits per heavy atom. The number of nitrogens with one attached hydrogen (secondary N) is 1. The number of nitrogens with two attached hydrogens (primary N) is 1. The highest BCUT2D eigenvalue weighted by atomic mass is 19.1. The molecule has 1 heterocycles. The summed E-state index contributed by atoms with van der Waals surface area (Å²) in [6.07, 6.45) is 1.56. The largest absolute Gasteiger partial charge is 0.439 e. The Morgan fingerprint density at radius 3 is 2.33 bits per heavy atom. The van der Waals surface area contributed by atoms with Gasteiger partial charge in [0, 0.05) is 29.9 Å². The zero-order chi connectivity index (χ0) is 19.2. The van der Waals surface area contributed by atoms with Crippen molar-refractivity contribution < 1.29 is 18.7 Å². The third kappa shape index (κ3) is 4.88. The Bertz CT molecular complexity index is 957. The third-order valence-electron chi connectivity index (χ3n) is 3.72. The SMILES string of the molecule is NC(=O)c1ccc(C(=O)NCc2ccnc(Oc3ccc(F)cc3)c2)cc1. The fraction of sp³-hybridized carbons (Fsp3) is 0.0500. The molecule has 0 atom stereocenters. The minimum Gasteiger partial charge on any atom is -0.439 e. The van der Waals surface area contributed by atoms with Gasteiger partial charge in [0.2, 0.25) is 11.8 Å². The molecule has 0 aliphatic rings. The van der Waals surface area contributed by atoms with Crippen LogP contribution in [-0.4, -0.2) is 16.8 Å². The van der Waals surface area contributed by atoms with E-state index in [9.17, 15) is 14.0 Å². The topological polar surface area (TPSA) is 94.3 Å². The number of pyridine rings is 1. The molecule has 6 nitrogen and oxygen atoms in total. The lowest BCUT2D eigenvalue weighted by Crippen LogP contribution is -2.23. The van der Waals surface area contributed by atoms with Crippen LogP contribution < -0.4 is 15.8 Å². The van der Waals surface area contributed by atoms with Crippen molar-refractivity contribution in [2.75, 3.05) is 0 Å². The standard InChI is InChI=1S/C20H16FN3O3/c21-16-5-7-17(8-6-16)27-18-11-13(9-10-23-18)12-24-20(26)15-3-1-14(2-4-15)19(22)25/h1-11H,12H2,(H2,22,25)(H,24,26). The van der Waals surface area contributed by atoms with E-state index in [2.05, 4.69) is 10.3 Å². The number of rotatable bonds is 6. The van der Waals surface area contributed by atoms with Crippen LogP contribution in [0.25, 0.3) is 0 Å². The minimum atomic E-state index is -0.549. The van der Waals surface area contributed by atoms with Crippen LogP contribution in [0.2, 0.25) is 0 Å². The predicted octanol–water partition coefficient (Wildman–Crippen LogP) is 3.04. The van der Waals surface area contributed by atoms with Crippen LogP contribution in [0.15, 0.2) is 66.9 Å². The molecule has 0 fully saturated rings. The zero-order valence-electron chi connectivity index (χ0n) is 14.2. The molecule has 27 heavy (non-hydrogen) atoms. The van der Waals surface area contributed by atoms with Crippen molar-refractivity contribution in [3.8, 4) is 11.6 Å². The molecule has 0 aliphatic heterocycles. The summed E-state index contributed by atoms with van der Waals surface area (Å²) < 4.78 is 18.5. The first-order valence-corrected chi connectivity index (χ1v) is 8.08. The van der Waals surface area contributed by atoms with E-state index >= 15 is 0 Å². The summed E-state index contributed by atoms with van der Waals surface area (Å²) in [5.41, 5.74) is 6.71. The highest BCUT2D eigenvalue weighted by Crippen LogP contribution is 2.20. The number of carbonyl (C=O) groups excluding carboxylic acids is 2. The molecule has 0 spiro atoms. The van der Waals surface area contributed by atoms with Gasteiger partial charge in [-0.15, -0.1) is 0 Å². The second kappa shape index (κ2) is 8.09. The molecule has 136 valence electrons. The number of hydrogen-bond acceptors (Lipinski definition) is 4. The monoisotopic (exact) mass is 365 g/mol. The first-order valence-electron chi connectivity index (χ1n) is 8.08. The summed E-state index contributed by atoms with van der Waals surface area (Å²) >= 11 is 0. The van der Waals surface area contributed by atoms with Gasteiger partial charge >= 0.3 is 0 Å². The van der Waals surface area contributed by atoms with E-state index in [1.807, 2.05) is 0 Å². The number of primary amides is 1. The molecule has 3 aromatic rings. The predicted molar refractivity (Wildman–Crippen MR) is 96.8 cm³/mol. The number of carbonyl (C=O) groups is 2. The van der Waals surface area contributed by atoms with Crippen LogP contribution in [0.4, 0.5) is 4.39 Å². The molecule has 7 heteroatoms. The second-order valence-corrected chi connectivity index (χ2v) is 5.68. The van der Waals surface area contributed by atoms with Crippen molar-refractivity contribution >= 4 is 11.8 Å². The molecule has 0 unspecified atom stereocenters. The van der Waals surface area contributed by atoms with Crippen molar-refractivity contribution in [1.82, 2.24) is 10.3 Å². The van der Waals surface area contributed by atoms with Crippen LogP contribution in [0, 0.1) is 5.82 Å². The summed E-state index contributed by atoms with van der Waals surface area (Å²) in [6.45, 7) is 0.263. The lowest BCUT2D eigenvalue weighted by molar-refractivity contribution is 0.0948. The molecule has 2 amide bonds. The van der Waals surface area contributed by atoms with Crippen LogP contribution in [-0.2, 0) is 6.54 Å². The van der Waals surface area contributed by atoms with Gasteiger partial charge in [0.05, 0.1) is 0 Å². The van der Waals surface area contributed by atoms with Crippen molar-refractivity contribution in [3.05, 3.63) is 89.4 Å². The normalized spacial score (nSPS) is 10.3. The van der Waals surface area contributed by atoms with Crippen LogP contribution in [0.3, 0.4) is 0 Å². The number of benzene rings is 2. The average molecular weight is 365 g/mol. The fourth-order valence-electron chi connectivity index (χ4n) is 2.31. The van der Waals surface area contributed by atoms with Crippen LogP contribution in [0.5, 0.6) is 11.6 Å². The van der Waals surface area contributed by atoms with Crippen molar-refractivity contribution in [1.29, 1.82) is 0 Å². The van der Waals surface area contributed by atoms with Gasteiger partial charge in [-0.2, -0.15) is 0 Å². The number of ether oxygens (including phenoxy) is 1. The van der Waals surface area contributed by atoms with Crippen molar-refractivity contribution in [2.45, 2.75) is 6.54 Å². The van der Waals surface area contributed by atoms with Gasteiger partial charge in [-0.3, -0.25) is 9.59 Å². The Morgan fingerprint density at radius 1 is 1.00 bits per heavy atom. The summed E-state index contributed by atoms with van der Waals surface area (Å²) in [5, 5.41) is 2.77. The van der Waals surface area contributed by atoms with Crippen LogP contribution in [0.1, 0.15) is 26.3 Å². The summed E-state index contributed by atoms with van der Waals surface area (Å²) in [7, 11) is 0. The maximum Gasteiger partial charge on any atom is 0.251 e. The number of amides is 2. The van der Waals surface area contributed by atoms with Crippen molar-refractivity contribution in [3.63, 3.8) is 0 Å². The van der Waals surface area contributed by atoms with Gasteiger partial charge in [-0.05, 0) is 60.2 Å². The molecule has 3 N–H and O–H groups in total. The lowest BCUT2D eigenvalue weighted by atomic mass is 10.1. The number of nitrogens with zero attached hydrogens (tertiary/aromatic N) is 1. The third-order valence-corrected chi connectivity index (χ3v) is 3.72. The van der Waals surface area contributed by atoms with Gasteiger partial charge in [0.15, 0.2) is 0 Å². The molecule has 2 aromatic carbocycles. The molecule has 0 radical (unpaired) electrons. The van der Waals surface area contributed by atoms with E-state index in [0.717, 1.165) is 5.56 Å². The molecular weight excluding hydrogens is 349 g/mol. The van der Waals surface area contributed by atoms with Gasteiger partial charge in [-0.1, -0.05) is 0 Å². The summed E-state index contributed by atoms with van der Waals surface area (Å²) in [6, 6.07) is 15.1. The number of aromatic nitrogens is 1. The molecule has 0 saturated carbocycles. The van der Waals surface area contributed by atoms with E-state index in [1.54, 1.807) is 18.3 Å². The first-order chi connectivity index (χ1) is 13.0. The fourth-order valence-corrected chi connectivity index (χ4v) is 2.31. The Balaban J connectivity index is 1.61. The highest BCUT2D eigenvalue weighted by molar-refractivity contribution is 5.97. The lowest BCUT2D eigenvalue weighted by Gasteiger charge is -2.08. The molecule has 0 saturated heterocycles. The molecule has 0 aliphatic carbocycles. The van der Waals surface area contributed by atoms with Gasteiger partial charge < -0.3 is 15.8 Å². The summed E-state index contributed by atoms with van der Waals surface area (Å²) in [5.74, 6) is -0.398. The Labute approximate surface area is 154 Å². The average Bonchev–Trinajstić information content (AvgIpc) is 2.68. The Hall–Kier alpha value is -3.74. The zero-order valence-corrected chi connectivity index (χ0v) is 14.2. The smallest absolute Gasteiger partial charge is 0.251 e. The van der Waals surface area contributed by atoms with Crippen molar-refractivity contribution in [2.24, 2.45) is 5.73 Å². The molecule has 1 aromatic heterocycles. The first kappa shape index (κ1) is 18.1. The molecular formula is C20H16FN3O3. The maximum atomic E-state index is 12.9. The van der Waals surface area contributed by atoms with E-state index in [4.69, 9.17) is 10.5 Å². The number of halogens is 1. The maximum absolute atomic E-state index is 12.9. The Kier molecular flexibility index (Phi) is 5.41. The van der Waals surface area contributed by atoms with E-state index in [0.29, 0.717) is 22.8 Å². The van der Waals surface area contributed by atoms with Gasteiger partial charge in [0.1, 0.15) is 11.6 Å². The van der Waals surface area contributed by atoms with Gasteiger partial charge in [0.25, 0.3) is 5.91 Å². The molecule has 0 bridgehead atoms. The second-order valence-electron chi connectivity index (χ2n) is 5.68. The van der Waals surface area contributed by atoms with Crippen LogP contribution >= 0.6 is 0 Å². The highest BCUT2D eigenvalue weighted by Gasteiger charge is 2.08. The minimum absolute atomic E-state index is 0.263.